The Morgan fingerprint density at radius 1 is 1.22 bits per heavy atom. The molecule has 2 aromatic rings. The second-order valence-electron chi connectivity index (χ2n) is 6.28. The zero-order valence-electron chi connectivity index (χ0n) is 15.5. The second kappa shape index (κ2) is 9.23. The minimum absolute atomic E-state index is 0.00281. The van der Waals surface area contributed by atoms with Crippen LogP contribution in [0.3, 0.4) is 0 Å². The van der Waals surface area contributed by atoms with Gasteiger partial charge in [0.05, 0.1) is 18.0 Å². The Kier molecular flexibility index (Phi) is 6.73. The van der Waals surface area contributed by atoms with Crippen molar-refractivity contribution in [3.05, 3.63) is 52.2 Å². The predicted octanol–water partition coefficient (Wildman–Crippen LogP) is 2.24. The monoisotopic (exact) mass is 406 g/mol. The number of thiophene rings is 1. The SMILES string of the molecule is CCNC(=NCCS(=O)(=O)N1CCc2ccccc21)NCCc1cccs1. The molecule has 2 heterocycles. The maximum Gasteiger partial charge on any atom is 0.237 e. The first kappa shape index (κ1) is 19.7. The number of nitrogens with one attached hydrogen (secondary N) is 2. The topological polar surface area (TPSA) is 73.8 Å². The first-order chi connectivity index (χ1) is 13.1. The predicted molar refractivity (Wildman–Crippen MR) is 113 cm³/mol. The Hall–Kier alpha value is -2.06. The summed E-state index contributed by atoms with van der Waals surface area (Å²) >= 11 is 1.73. The molecule has 1 aliphatic rings. The molecular weight excluding hydrogens is 380 g/mol. The van der Waals surface area contributed by atoms with Gasteiger partial charge in [0, 0.05) is 24.5 Å². The highest BCUT2D eigenvalue weighted by Crippen LogP contribution is 2.29. The van der Waals surface area contributed by atoms with E-state index in [1.165, 1.54) is 9.18 Å². The summed E-state index contributed by atoms with van der Waals surface area (Å²) in [5.41, 5.74) is 1.90. The molecule has 0 amide bonds. The first-order valence-electron chi connectivity index (χ1n) is 9.23. The molecule has 0 unspecified atom stereocenters. The number of guanidine groups is 1. The Labute approximate surface area is 165 Å². The van der Waals surface area contributed by atoms with E-state index in [2.05, 4.69) is 27.1 Å². The van der Waals surface area contributed by atoms with Crippen molar-refractivity contribution in [2.24, 2.45) is 4.99 Å². The molecule has 8 heteroatoms. The van der Waals surface area contributed by atoms with Crippen LogP contribution in [0.5, 0.6) is 0 Å². The third-order valence-corrected chi connectivity index (χ3v) is 7.07. The summed E-state index contributed by atoms with van der Waals surface area (Å²) in [6.07, 6.45) is 1.69. The Morgan fingerprint density at radius 3 is 2.85 bits per heavy atom. The van der Waals surface area contributed by atoms with Crippen LogP contribution in [0.25, 0.3) is 0 Å². The molecule has 1 aromatic carbocycles. The molecule has 0 atom stereocenters. The summed E-state index contributed by atoms with van der Waals surface area (Å²) in [5.74, 6) is 0.661. The van der Waals surface area contributed by atoms with Crippen molar-refractivity contribution in [3.63, 3.8) is 0 Å². The molecule has 0 saturated heterocycles. The van der Waals surface area contributed by atoms with E-state index in [1.807, 2.05) is 37.3 Å². The van der Waals surface area contributed by atoms with Gasteiger partial charge in [0.2, 0.25) is 10.0 Å². The third-order valence-electron chi connectivity index (χ3n) is 4.39. The van der Waals surface area contributed by atoms with Gasteiger partial charge in [-0.05, 0) is 42.8 Å². The molecule has 0 spiro atoms. The fourth-order valence-corrected chi connectivity index (χ4v) is 5.18. The molecule has 0 aliphatic carbocycles. The van der Waals surface area contributed by atoms with Gasteiger partial charge in [-0.2, -0.15) is 0 Å². The van der Waals surface area contributed by atoms with E-state index >= 15 is 0 Å². The summed E-state index contributed by atoms with van der Waals surface area (Å²) in [5, 5.41) is 8.50. The van der Waals surface area contributed by atoms with Crippen molar-refractivity contribution in [2.45, 2.75) is 19.8 Å². The van der Waals surface area contributed by atoms with Crippen LogP contribution in [-0.2, 0) is 22.9 Å². The normalized spacial score (nSPS) is 14.3. The molecule has 146 valence electrons. The van der Waals surface area contributed by atoms with Gasteiger partial charge in [0.25, 0.3) is 0 Å². The average molecular weight is 407 g/mol. The van der Waals surface area contributed by atoms with Crippen LogP contribution in [0.4, 0.5) is 5.69 Å². The van der Waals surface area contributed by atoms with Gasteiger partial charge in [-0.3, -0.25) is 9.30 Å². The zero-order valence-corrected chi connectivity index (χ0v) is 17.2. The first-order valence-corrected chi connectivity index (χ1v) is 11.7. The Bertz CT molecular complexity index is 864. The van der Waals surface area contributed by atoms with E-state index < -0.39 is 10.0 Å². The summed E-state index contributed by atoms with van der Waals surface area (Å²) < 4.78 is 27.0. The summed E-state index contributed by atoms with van der Waals surface area (Å²) in [6.45, 7) is 4.24. The molecule has 0 saturated carbocycles. The van der Waals surface area contributed by atoms with E-state index in [0.29, 0.717) is 12.5 Å². The standard InChI is InChI=1S/C19H26N4O2S2/c1-2-20-19(21-11-9-17-7-5-14-26-17)22-12-15-27(24,25)23-13-10-16-6-3-4-8-18(16)23/h3-8,14H,2,9-13,15H2,1H3,(H2,20,21,22). The summed E-state index contributed by atoms with van der Waals surface area (Å²) in [6, 6.07) is 11.8. The van der Waals surface area contributed by atoms with E-state index in [0.717, 1.165) is 37.2 Å². The molecule has 0 bridgehead atoms. The van der Waals surface area contributed by atoms with E-state index in [4.69, 9.17) is 0 Å². The number of fused-ring (bicyclic) bond motifs is 1. The highest BCUT2D eigenvalue weighted by Gasteiger charge is 2.28. The molecule has 0 radical (unpaired) electrons. The van der Waals surface area contributed by atoms with E-state index in [9.17, 15) is 8.42 Å². The fourth-order valence-electron chi connectivity index (χ4n) is 3.08. The zero-order chi connectivity index (χ0) is 19.1. The molecule has 27 heavy (non-hydrogen) atoms. The van der Waals surface area contributed by atoms with Gasteiger partial charge in [0.15, 0.2) is 5.96 Å². The van der Waals surface area contributed by atoms with Gasteiger partial charge >= 0.3 is 0 Å². The number of hydrogen-bond donors (Lipinski definition) is 2. The largest absolute Gasteiger partial charge is 0.357 e. The van der Waals surface area contributed by atoms with Crippen molar-refractivity contribution in [3.8, 4) is 0 Å². The fraction of sp³-hybridized carbons (Fsp3) is 0.421. The van der Waals surface area contributed by atoms with Crippen LogP contribution >= 0.6 is 11.3 Å². The smallest absolute Gasteiger partial charge is 0.237 e. The van der Waals surface area contributed by atoms with E-state index in [1.54, 1.807) is 11.3 Å². The van der Waals surface area contributed by atoms with Crippen molar-refractivity contribution < 1.29 is 8.42 Å². The van der Waals surface area contributed by atoms with Crippen LogP contribution in [0.1, 0.15) is 17.4 Å². The second-order valence-corrected chi connectivity index (χ2v) is 9.33. The maximum atomic E-state index is 12.7. The molecular formula is C19H26N4O2S2. The van der Waals surface area contributed by atoms with Crippen LogP contribution in [0.2, 0.25) is 0 Å². The van der Waals surface area contributed by atoms with E-state index in [-0.39, 0.29) is 12.3 Å². The number of nitrogens with zero attached hydrogens (tertiary/aromatic N) is 2. The van der Waals surface area contributed by atoms with Crippen LogP contribution in [0, 0.1) is 0 Å². The molecule has 6 nitrogen and oxygen atoms in total. The minimum atomic E-state index is -3.37. The number of rotatable bonds is 8. The number of sulfonamides is 1. The lowest BCUT2D eigenvalue weighted by atomic mass is 10.2. The van der Waals surface area contributed by atoms with Gasteiger partial charge in [-0.1, -0.05) is 24.3 Å². The lowest BCUT2D eigenvalue weighted by molar-refractivity contribution is 0.592. The molecule has 3 rings (SSSR count). The van der Waals surface area contributed by atoms with Crippen LogP contribution < -0.4 is 14.9 Å². The third kappa shape index (κ3) is 5.23. The molecule has 2 N–H and O–H groups in total. The Balaban J connectivity index is 1.54. The van der Waals surface area contributed by atoms with Crippen molar-refractivity contribution in [2.75, 3.05) is 36.2 Å². The number of para-hydroxylation sites is 1. The quantitative estimate of drug-likeness (QED) is 0.521. The Morgan fingerprint density at radius 2 is 2.07 bits per heavy atom. The van der Waals surface area contributed by atoms with Gasteiger partial charge in [-0.15, -0.1) is 11.3 Å². The highest BCUT2D eigenvalue weighted by molar-refractivity contribution is 7.92. The average Bonchev–Trinajstić information content (AvgIpc) is 3.31. The molecule has 0 fully saturated rings. The number of aliphatic imine (C=N–C) groups is 1. The number of hydrogen-bond acceptors (Lipinski definition) is 4. The maximum absolute atomic E-state index is 12.7. The van der Waals surface area contributed by atoms with Crippen LogP contribution in [-0.4, -0.2) is 46.3 Å². The highest BCUT2D eigenvalue weighted by atomic mass is 32.2. The van der Waals surface area contributed by atoms with Crippen molar-refractivity contribution >= 4 is 33.0 Å². The van der Waals surface area contributed by atoms with Crippen LogP contribution in [0.15, 0.2) is 46.8 Å². The lowest BCUT2D eigenvalue weighted by Crippen LogP contribution is -2.39. The summed E-state index contributed by atoms with van der Waals surface area (Å²) in [7, 11) is -3.37. The lowest BCUT2D eigenvalue weighted by Gasteiger charge is -2.19. The molecule has 1 aliphatic heterocycles. The molecule has 1 aromatic heterocycles. The van der Waals surface area contributed by atoms with Gasteiger partial charge in [0.1, 0.15) is 0 Å². The van der Waals surface area contributed by atoms with Crippen molar-refractivity contribution in [1.82, 2.24) is 10.6 Å². The van der Waals surface area contributed by atoms with Crippen molar-refractivity contribution in [1.29, 1.82) is 0 Å². The minimum Gasteiger partial charge on any atom is -0.357 e. The van der Waals surface area contributed by atoms with Gasteiger partial charge < -0.3 is 10.6 Å². The summed E-state index contributed by atoms with van der Waals surface area (Å²) in [4.78, 5) is 5.75. The number of anilines is 1. The number of benzene rings is 1. The van der Waals surface area contributed by atoms with Gasteiger partial charge in [-0.25, -0.2) is 8.42 Å².